The minimum atomic E-state index is -0.363. The average Bonchev–Trinajstić information content (AvgIpc) is 3.26. The number of anilines is 2. The van der Waals surface area contributed by atoms with Crippen molar-refractivity contribution in [3.63, 3.8) is 0 Å². The van der Waals surface area contributed by atoms with Gasteiger partial charge in [-0.2, -0.15) is 5.10 Å². The van der Waals surface area contributed by atoms with Crippen LogP contribution in [0.25, 0.3) is 22.0 Å². The number of aromatic amines is 1. The molecule has 1 atom stereocenters. The normalized spacial score (nSPS) is 12.2. The molecular formula is C28H29N5O2. The van der Waals surface area contributed by atoms with Gasteiger partial charge in [0.15, 0.2) is 5.82 Å². The van der Waals surface area contributed by atoms with Crippen LogP contribution in [0.5, 0.6) is 0 Å². The number of nitrogens with one attached hydrogen (secondary N) is 3. The van der Waals surface area contributed by atoms with Gasteiger partial charge in [0.2, 0.25) is 11.8 Å². The van der Waals surface area contributed by atoms with Crippen LogP contribution in [0, 0.1) is 0 Å². The Labute approximate surface area is 204 Å². The largest absolute Gasteiger partial charge is 0.323 e. The van der Waals surface area contributed by atoms with Crippen LogP contribution in [0.15, 0.2) is 84.9 Å². The molecule has 0 saturated heterocycles. The van der Waals surface area contributed by atoms with E-state index in [0.29, 0.717) is 12.4 Å². The molecule has 4 rings (SSSR count). The number of hydrogen-bond acceptors (Lipinski definition) is 4. The maximum Gasteiger partial charge on any atom is 0.248 e. The first kappa shape index (κ1) is 23.9. The molecule has 7 heteroatoms. The van der Waals surface area contributed by atoms with E-state index in [1.54, 1.807) is 0 Å². The minimum Gasteiger partial charge on any atom is -0.323 e. The number of fused-ring (bicyclic) bond motifs is 1. The van der Waals surface area contributed by atoms with E-state index in [-0.39, 0.29) is 17.7 Å². The Bertz CT molecular complexity index is 1360. The maximum atomic E-state index is 12.9. The zero-order chi connectivity index (χ0) is 24.8. The van der Waals surface area contributed by atoms with Gasteiger partial charge in [-0.3, -0.25) is 14.7 Å². The number of rotatable bonds is 8. The quantitative estimate of drug-likeness (QED) is 0.317. The lowest BCUT2D eigenvalue weighted by Crippen LogP contribution is -2.19. The van der Waals surface area contributed by atoms with Crippen molar-refractivity contribution in [2.24, 2.45) is 0 Å². The fourth-order valence-corrected chi connectivity index (χ4v) is 3.72. The third-order valence-corrected chi connectivity index (χ3v) is 5.72. The summed E-state index contributed by atoms with van der Waals surface area (Å²) in [7, 11) is 3.90. The summed E-state index contributed by atoms with van der Waals surface area (Å²) in [5, 5.41) is 13.9. The lowest BCUT2D eigenvalue weighted by Gasteiger charge is -2.13. The Hall–Kier alpha value is -4.23. The zero-order valence-electron chi connectivity index (χ0n) is 20.1. The predicted octanol–water partition coefficient (Wildman–Crippen LogP) is 5.03. The van der Waals surface area contributed by atoms with Crippen LogP contribution < -0.4 is 10.6 Å². The van der Waals surface area contributed by atoms with E-state index < -0.39 is 0 Å². The lowest BCUT2D eigenvalue weighted by molar-refractivity contribution is -0.117. The molecule has 0 aliphatic carbocycles. The number of hydrogen-bond donors (Lipinski definition) is 3. The number of nitrogens with zero attached hydrogens (tertiary/aromatic N) is 2. The van der Waals surface area contributed by atoms with E-state index in [2.05, 4.69) is 20.8 Å². The molecule has 0 saturated carbocycles. The SMILES string of the molecule is CC(C(=O)Nc1n[nH]c2ccccc12)c1cccc(-c2ccc(NC(=O)C=CCN(C)C)cc2)c1. The van der Waals surface area contributed by atoms with E-state index in [0.717, 1.165) is 33.3 Å². The molecule has 0 radical (unpaired) electrons. The van der Waals surface area contributed by atoms with Gasteiger partial charge in [0.05, 0.1) is 11.4 Å². The van der Waals surface area contributed by atoms with Crippen LogP contribution in [-0.4, -0.2) is 47.6 Å². The molecule has 1 aromatic heterocycles. The first-order chi connectivity index (χ1) is 16.9. The second-order valence-corrected chi connectivity index (χ2v) is 8.69. The molecule has 178 valence electrons. The van der Waals surface area contributed by atoms with Crippen molar-refractivity contribution in [1.29, 1.82) is 0 Å². The number of benzene rings is 3. The smallest absolute Gasteiger partial charge is 0.248 e. The maximum absolute atomic E-state index is 12.9. The van der Waals surface area contributed by atoms with Crippen LogP contribution in [0.4, 0.5) is 11.5 Å². The summed E-state index contributed by atoms with van der Waals surface area (Å²) in [5.41, 5.74) is 4.50. The topological polar surface area (TPSA) is 90.1 Å². The third kappa shape index (κ3) is 6.02. The fourth-order valence-electron chi connectivity index (χ4n) is 3.72. The molecule has 4 aromatic rings. The van der Waals surface area contributed by atoms with Crippen LogP contribution in [0.1, 0.15) is 18.4 Å². The molecule has 0 spiro atoms. The van der Waals surface area contributed by atoms with Crippen molar-refractivity contribution in [1.82, 2.24) is 15.1 Å². The van der Waals surface area contributed by atoms with E-state index in [9.17, 15) is 9.59 Å². The number of likely N-dealkylation sites (N-methyl/N-ethyl adjacent to an activating group) is 1. The van der Waals surface area contributed by atoms with Crippen LogP contribution >= 0.6 is 0 Å². The molecule has 2 amide bonds. The van der Waals surface area contributed by atoms with Gasteiger partial charge < -0.3 is 15.5 Å². The molecule has 3 N–H and O–H groups in total. The van der Waals surface area contributed by atoms with Gasteiger partial charge in [-0.05, 0) is 62.0 Å². The van der Waals surface area contributed by atoms with Crippen molar-refractivity contribution in [3.8, 4) is 11.1 Å². The van der Waals surface area contributed by atoms with Gasteiger partial charge in [-0.1, -0.05) is 54.6 Å². The van der Waals surface area contributed by atoms with Gasteiger partial charge in [0, 0.05) is 23.7 Å². The summed E-state index contributed by atoms with van der Waals surface area (Å²) < 4.78 is 0. The van der Waals surface area contributed by atoms with E-state index in [1.165, 1.54) is 6.08 Å². The van der Waals surface area contributed by atoms with Gasteiger partial charge in [-0.25, -0.2) is 0 Å². The van der Waals surface area contributed by atoms with Crippen LogP contribution in [0.3, 0.4) is 0 Å². The highest BCUT2D eigenvalue weighted by Crippen LogP contribution is 2.27. The molecule has 1 unspecified atom stereocenters. The number of H-pyrrole nitrogens is 1. The summed E-state index contributed by atoms with van der Waals surface area (Å²) >= 11 is 0. The molecule has 0 aliphatic heterocycles. The molecule has 7 nitrogen and oxygen atoms in total. The zero-order valence-corrected chi connectivity index (χ0v) is 20.1. The molecule has 0 bridgehead atoms. The number of para-hydroxylation sites is 1. The minimum absolute atomic E-state index is 0.125. The van der Waals surface area contributed by atoms with Crippen molar-refractivity contribution in [2.45, 2.75) is 12.8 Å². The van der Waals surface area contributed by atoms with Crippen molar-refractivity contribution in [2.75, 3.05) is 31.3 Å². The monoisotopic (exact) mass is 467 g/mol. The Morgan fingerprint density at radius 3 is 2.51 bits per heavy atom. The van der Waals surface area contributed by atoms with Gasteiger partial charge in [0.25, 0.3) is 0 Å². The highest BCUT2D eigenvalue weighted by molar-refractivity contribution is 6.02. The fraction of sp³-hybridized carbons (Fsp3) is 0.179. The predicted molar refractivity (Wildman–Crippen MR) is 141 cm³/mol. The Morgan fingerprint density at radius 1 is 0.971 bits per heavy atom. The number of carbonyl (C=O) groups excluding carboxylic acids is 2. The van der Waals surface area contributed by atoms with E-state index >= 15 is 0 Å². The molecule has 0 fully saturated rings. The Morgan fingerprint density at radius 2 is 1.74 bits per heavy atom. The second kappa shape index (κ2) is 10.8. The van der Waals surface area contributed by atoms with E-state index in [1.807, 2.05) is 105 Å². The first-order valence-corrected chi connectivity index (χ1v) is 11.5. The standard InChI is InChI=1S/C28H29N5O2/c1-19(28(35)30-27-24-10-4-5-11-25(24)31-32-27)21-8-6-9-22(18-21)20-13-15-23(16-14-20)29-26(34)12-7-17-33(2)3/h4-16,18-19H,17H2,1-3H3,(H,29,34)(H2,30,31,32,35). The molecular weight excluding hydrogens is 438 g/mol. The summed E-state index contributed by atoms with van der Waals surface area (Å²) in [6, 6.07) is 23.3. The highest BCUT2D eigenvalue weighted by Gasteiger charge is 2.18. The van der Waals surface area contributed by atoms with Crippen LogP contribution in [0.2, 0.25) is 0 Å². The second-order valence-electron chi connectivity index (χ2n) is 8.69. The summed E-state index contributed by atoms with van der Waals surface area (Å²) in [6.45, 7) is 2.59. The number of amides is 2. The Kier molecular flexibility index (Phi) is 7.38. The van der Waals surface area contributed by atoms with Crippen molar-refractivity contribution < 1.29 is 9.59 Å². The lowest BCUT2D eigenvalue weighted by atomic mass is 9.95. The van der Waals surface area contributed by atoms with Gasteiger partial charge in [-0.15, -0.1) is 0 Å². The summed E-state index contributed by atoms with van der Waals surface area (Å²) in [5.74, 6) is -0.119. The molecule has 1 heterocycles. The highest BCUT2D eigenvalue weighted by atomic mass is 16.2. The van der Waals surface area contributed by atoms with Crippen molar-refractivity contribution >= 4 is 34.2 Å². The average molecular weight is 468 g/mol. The number of carbonyl (C=O) groups is 2. The van der Waals surface area contributed by atoms with Crippen molar-refractivity contribution in [3.05, 3.63) is 90.5 Å². The first-order valence-electron chi connectivity index (χ1n) is 11.5. The Balaban J connectivity index is 1.43. The van der Waals surface area contributed by atoms with Crippen LogP contribution in [-0.2, 0) is 9.59 Å². The molecule has 3 aromatic carbocycles. The molecule has 35 heavy (non-hydrogen) atoms. The molecule has 0 aliphatic rings. The summed E-state index contributed by atoms with van der Waals surface area (Å²) in [6.07, 6.45) is 3.36. The van der Waals surface area contributed by atoms with Gasteiger partial charge in [0.1, 0.15) is 0 Å². The van der Waals surface area contributed by atoms with Gasteiger partial charge >= 0.3 is 0 Å². The van der Waals surface area contributed by atoms with E-state index in [4.69, 9.17) is 0 Å². The summed E-state index contributed by atoms with van der Waals surface area (Å²) in [4.78, 5) is 27.0. The number of aromatic nitrogens is 2. The third-order valence-electron chi connectivity index (χ3n) is 5.72.